The SMILES string of the molecule is CCCNc1ccc(C#N)cc1NC(=O)CN1CCN(CC)CC1. The minimum absolute atomic E-state index is 0.0328. The average molecular weight is 329 g/mol. The monoisotopic (exact) mass is 329 g/mol. The van der Waals surface area contributed by atoms with E-state index in [1.54, 1.807) is 12.1 Å². The van der Waals surface area contributed by atoms with Gasteiger partial charge in [0, 0.05) is 32.7 Å². The Morgan fingerprint density at radius 3 is 2.50 bits per heavy atom. The molecule has 1 aliphatic heterocycles. The van der Waals surface area contributed by atoms with E-state index in [0.717, 1.165) is 51.4 Å². The van der Waals surface area contributed by atoms with Crippen LogP contribution in [0.1, 0.15) is 25.8 Å². The number of piperazine rings is 1. The molecule has 0 bridgehead atoms. The van der Waals surface area contributed by atoms with Crippen LogP contribution in [0.3, 0.4) is 0 Å². The molecule has 24 heavy (non-hydrogen) atoms. The van der Waals surface area contributed by atoms with Crippen LogP contribution in [0, 0.1) is 11.3 Å². The van der Waals surface area contributed by atoms with Crippen LogP contribution in [0.15, 0.2) is 18.2 Å². The van der Waals surface area contributed by atoms with Gasteiger partial charge < -0.3 is 15.5 Å². The van der Waals surface area contributed by atoms with Crippen LogP contribution >= 0.6 is 0 Å². The number of amides is 1. The van der Waals surface area contributed by atoms with Crippen molar-refractivity contribution in [1.29, 1.82) is 5.26 Å². The Kier molecular flexibility index (Phi) is 7.04. The van der Waals surface area contributed by atoms with Gasteiger partial charge in [-0.15, -0.1) is 0 Å². The van der Waals surface area contributed by atoms with Gasteiger partial charge in [0.25, 0.3) is 0 Å². The minimum atomic E-state index is -0.0328. The Hall–Kier alpha value is -2.10. The Labute approximate surface area is 144 Å². The van der Waals surface area contributed by atoms with E-state index in [4.69, 9.17) is 5.26 Å². The van der Waals surface area contributed by atoms with Crippen molar-refractivity contribution < 1.29 is 4.79 Å². The van der Waals surface area contributed by atoms with Crippen molar-refractivity contribution in [3.8, 4) is 6.07 Å². The second-order valence-corrected chi connectivity index (χ2v) is 6.06. The third kappa shape index (κ3) is 5.22. The van der Waals surface area contributed by atoms with Gasteiger partial charge in [-0.05, 0) is 31.2 Å². The molecule has 6 heteroatoms. The summed E-state index contributed by atoms with van der Waals surface area (Å²) in [7, 11) is 0. The first-order valence-electron chi connectivity index (χ1n) is 8.68. The quantitative estimate of drug-likeness (QED) is 0.800. The number of benzene rings is 1. The highest BCUT2D eigenvalue weighted by molar-refractivity contribution is 5.95. The molecule has 0 aromatic heterocycles. The average Bonchev–Trinajstić information content (AvgIpc) is 2.61. The van der Waals surface area contributed by atoms with E-state index >= 15 is 0 Å². The molecule has 1 fully saturated rings. The number of hydrogen-bond donors (Lipinski definition) is 2. The van der Waals surface area contributed by atoms with Gasteiger partial charge in [0.05, 0.1) is 29.6 Å². The zero-order valence-electron chi connectivity index (χ0n) is 14.6. The van der Waals surface area contributed by atoms with Crippen molar-refractivity contribution in [1.82, 2.24) is 9.80 Å². The van der Waals surface area contributed by atoms with Gasteiger partial charge in [0.1, 0.15) is 0 Å². The molecular formula is C18H27N5O. The van der Waals surface area contributed by atoms with E-state index in [1.165, 1.54) is 0 Å². The summed E-state index contributed by atoms with van der Waals surface area (Å²) in [5, 5.41) is 15.3. The number of nitriles is 1. The Bertz CT molecular complexity index is 588. The first-order chi connectivity index (χ1) is 11.7. The smallest absolute Gasteiger partial charge is 0.238 e. The van der Waals surface area contributed by atoms with E-state index in [0.29, 0.717) is 17.8 Å². The molecule has 6 nitrogen and oxygen atoms in total. The van der Waals surface area contributed by atoms with E-state index in [-0.39, 0.29) is 5.91 Å². The predicted molar refractivity (Wildman–Crippen MR) is 97.1 cm³/mol. The molecule has 1 aliphatic rings. The number of nitrogens with zero attached hydrogens (tertiary/aromatic N) is 3. The number of anilines is 2. The fourth-order valence-electron chi connectivity index (χ4n) is 2.79. The van der Waals surface area contributed by atoms with Crippen LogP contribution in [-0.4, -0.2) is 61.5 Å². The molecule has 1 aromatic carbocycles. The second-order valence-electron chi connectivity index (χ2n) is 6.06. The normalized spacial score (nSPS) is 15.7. The molecule has 0 saturated carbocycles. The van der Waals surface area contributed by atoms with Crippen LogP contribution in [0.25, 0.3) is 0 Å². The van der Waals surface area contributed by atoms with Gasteiger partial charge in [0.2, 0.25) is 5.91 Å². The van der Waals surface area contributed by atoms with Gasteiger partial charge in [-0.2, -0.15) is 5.26 Å². The molecule has 0 radical (unpaired) electrons. The van der Waals surface area contributed by atoms with Gasteiger partial charge in [-0.25, -0.2) is 0 Å². The summed E-state index contributed by atoms with van der Waals surface area (Å²) >= 11 is 0. The summed E-state index contributed by atoms with van der Waals surface area (Å²) in [6.45, 7) is 10.4. The topological polar surface area (TPSA) is 71.4 Å². The zero-order chi connectivity index (χ0) is 17.4. The summed E-state index contributed by atoms with van der Waals surface area (Å²) < 4.78 is 0. The molecule has 1 amide bonds. The van der Waals surface area contributed by atoms with Gasteiger partial charge in [-0.3, -0.25) is 9.69 Å². The zero-order valence-corrected chi connectivity index (χ0v) is 14.6. The number of nitrogens with one attached hydrogen (secondary N) is 2. The van der Waals surface area contributed by atoms with Crippen molar-refractivity contribution in [2.24, 2.45) is 0 Å². The maximum absolute atomic E-state index is 12.4. The highest BCUT2D eigenvalue weighted by atomic mass is 16.2. The van der Waals surface area contributed by atoms with Crippen LogP contribution < -0.4 is 10.6 Å². The van der Waals surface area contributed by atoms with Crippen LogP contribution in [0.5, 0.6) is 0 Å². The highest BCUT2D eigenvalue weighted by Gasteiger charge is 2.18. The lowest BCUT2D eigenvalue weighted by Crippen LogP contribution is -2.48. The van der Waals surface area contributed by atoms with Crippen molar-refractivity contribution in [3.05, 3.63) is 23.8 Å². The first-order valence-corrected chi connectivity index (χ1v) is 8.68. The van der Waals surface area contributed by atoms with E-state index in [9.17, 15) is 4.79 Å². The van der Waals surface area contributed by atoms with E-state index in [1.807, 2.05) is 6.07 Å². The number of carbonyl (C=O) groups excluding carboxylic acids is 1. The van der Waals surface area contributed by atoms with Crippen molar-refractivity contribution >= 4 is 17.3 Å². The Morgan fingerprint density at radius 1 is 1.17 bits per heavy atom. The summed E-state index contributed by atoms with van der Waals surface area (Å²) in [6, 6.07) is 7.46. The summed E-state index contributed by atoms with van der Waals surface area (Å²) in [6.07, 6.45) is 0.995. The lowest BCUT2D eigenvalue weighted by molar-refractivity contribution is -0.117. The standard InChI is InChI=1S/C18H27N5O/c1-3-7-20-16-6-5-15(13-19)12-17(16)21-18(24)14-23-10-8-22(4-2)9-11-23/h5-6,12,20H,3-4,7-11,14H2,1-2H3,(H,21,24). The van der Waals surface area contributed by atoms with E-state index < -0.39 is 0 Å². The largest absolute Gasteiger partial charge is 0.383 e. The third-order valence-corrected chi connectivity index (χ3v) is 4.27. The Balaban J connectivity index is 1.96. The number of hydrogen-bond acceptors (Lipinski definition) is 5. The summed E-state index contributed by atoms with van der Waals surface area (Å²) in [5.41, 5.74) is 2.09. The van der Waals surface area contributed by atoms with Crippen molar-refractivity contribution in [2.45, 2.75) is 20.3 Å². The Morgan fingerprint density at radius 2 is 1.88 bits per heavy atom. The lowest BCUT2D eigenvalue weighted by Gasteiger charge is -2.33. The maximum atomic E-state index is 12.4. The second kappa shape index (κ2) is 9.26. The highest BCUT2D eigenvalue weighted by Crippen LogP contribution is 2.23. The fourth-order valence-corrected chi connectivity index (χ4v) is 2.79. The molecule has 1 saturated heterocycles. The molecule has 2 N–H and O–H groups in total. The fraction of sp³-hybridized carbons (Fsp3) is 0.556. The molecule has 0 spiro atoms. The van der Waals surface area contributed by atoms with E-state index in [2.05, 4.69) is 40.4 Å². The molecule has 2 rings (SSSR count). The molecule has 1 aromatic rings. The predicted octanol–water partition coefficient (Wildman–Crippen LogP) is 1.96. The molecule has 0 unspecified atom stereocenters. The van der Waals surface area contributed by atoms with Gasteiger partial charge in [-0.1, -0.05) is 13.8 Å². The summed E-state index contributed by atoms with van der Waals surface area (Å²) in [4.78, 5) is 16.9. The van der Waals surface area contributed by atoms with Crippen molar-refractivity contribution in [3.63, 3.8) is 0 Å². The summed E-state index contributed by atoms with van der Waals surface area (Å²) in [5.74, 6) is -0.0328. The molecular weight excluding hydrogens is 302 g/mol. The van der Waals surface area contributed by atoms with Crippen LogP contribution in [0.2, 0.25) is 0 Å². The minimum Gasteiger partial charge on any atom is -0.383 e. The van der Waals surface area contributed by atoms with Crippen LogP contribution in [0.4, 0.5) is 11.4 Å². The molecule has 0 atom stereocenters. The van der Waals surface area contributed by atoms with Crippen molar-refractivity contribution in [2.75, 3.05) is 56.4 Å². The molecule has 1 heterocycles. The number of carbonyl (C=O) groups is 1. The van der Waals surface area contributed by atoms with Crippen LogP contribution in [-0.2, 0) is 4.79 Å². The first kappa shape index (κ1) is 18.2. The van der Waals surface area contributed by atoms with Gasteiger partial charge >= 0.3 is 0 Å². The lowest BCUT2D eigenvalue weighted by atomic mass is 10.1. The maximum Gasteiger partial charge on any atom is 0.238 e. The molecule has 130 valence electrons. The number of likely N-dealkylation sites (N-methyl/N-ethyl adjacent to an activating group) is 1. The number of rotatable bonds is 7. The van der Waals surface area contributed by atoms with Gasteiger partial charge in [0.15, 0.2) is 0 Å². The molecule has 0 aliphatic carbocycles. The third-order valence-electron chi connectivity index (χ3n) is 4.27.